The average molecular weight is 760 g/mol. The second kappa shape index (κ2) is 13.7. The molecule has 0 bridgehead atoms. The predicted octanol–water partition coefficient (Wildman–Crippen LogP) is 14.3. The van der Waals surface area contributed by atoms with Crippen molar-refractivity contribution in [1.82, 2.24) is 15.0 Å². The molecule has 0 saturated carbocycles. The lowest BCUT2D eigenvalue weighted by Gasteiger charge is -2.23. The van der Waals surface area contributed by atoms with E-state index in [0.29, 0.717) is 5.82 Å². The van der Waals surface area contributed by atoms with Crippen LogP contribution in [0, 0.1) is 0 Å². The molecule has 4 heteroatoms. The maximum absolute atomic E-state index is 5.27. The van der Waals surface area contributed by atoms with Crippen LogP contribution in [0.4, 0.5) is 0 Å². The molecule has 0 fully saturated rings. The Bertz CT molecular complexity index is 3000. The fourth-order valence-electron chi connectivity index (χ4n) is 8.96. The molecule has 0 radical (unpaired) electrons. The molecule has 9 aromatic rings. The van der Waals surface area contributed by atoms with Gasteiger partial charge in [-0.3, -0.25) is 4.98 Å². The molecule has 0 N–H and O–H groups in total. The average Bonchev–Trinajstić information content (AvgIpc) is 3.50. The van der Waals surface area contributed by atoms with Crippen molar-refractivity contribution in [3.8, 4) is 89.5 Å². The second-order valence-corrected chi connectivity index (χ2v) is 16.7. The van der Waals surface area contributed by atoms with E-state index in [1.54, 1.807) is 6.20 Å². The maximum Gasteiger partial charge on any atom is 0.160 e. The molecule has 274 valence electrons. The lowest BCUT2D eigenvalue weighted by Crippen LogP contribution is -2.15. The molecule has 58 heavy (non-hydrogen) atoms. The van der Waals surface area contributed by atoms with Gasteiger partial charge >= 0.3 is 0 Å². The van der Waals surface area contributed by atoms with Crippen molar-refractivity contribution in [3.05, 3.63) is 199 Å². The quantitative estimate of drug-likeness (QED) is 0.180. The molecular formula is C54H37N3S. The summed E-state index contributed by atoms with van der Waals surface area (Å²) in [5, 5.41) is 0. The van der Waals surface area contributed by atoms with Gasteiger partial charge in [-0.2, -0.15) is 0 Å². The SMILES string of the molecule is CC1(C)c2ccccc2-c2cc3c(cc21)Sc1ccccc1-c1ccccc1-c1ccccc1-c1ccc(-c2nc(-c4ccccc4)cc(-c4cccnc4)n2)cc1-3. The second-order valence-electron chi connectivity index (χ2n) is 15.6. The lowest BCUT2D eigenvalue weighted by molar-refractivity contribution is 0.659. The van der Waals surface area contributed by atoms with Crippen molar-refractivity contribution in [2.75, 3.05) is 0 Å². The van der Waals surface area contributed by atoms with Crippen LogP contribution in [0.15, 0.2) is 198 Å². The van der Waals surface area contributed by atoms with E-state index in [9.17, 15) is 0 Å². The minimum absolute atomic E-state index is 0.147. The molecule has 0 unspecified atom stereocenters. The van der Waals surface area contributed by atoms with Crippen LogP contribution in [-0.2, 0) is 5.41 Å². The highest BCUT2D eigenvalue weighted by Gasteiger charge is 2.36. The van der Waals surface area contributed by atoms with Gasteiger partial charge in [0, 0.05) is 44.3 Å². The Morgan fingerprint density at radius 1 is 0.379 bits per heavy atom. The zero-order chi connectivity index (χ0) is 38.8. The zero-order valence-electron chi connectivity index (χ0n) is 32.1. The molecule has 0 saturated heterocycles. The first-order chi connectivity index (χ1) is 28.5. The molecule has 0 amide bonds. The first kappa shape index (κ1) is 34.4. The maximum atomic E-state index is 5.27. The summed E-state index contributed by atoms with van der Waals surface area (Å²) in [7, 11) is 0. The highest BCUT2D eigenvalue weighted by atomic mass is 32.2. The Labute approximate surface area is 343 Å². The standard InChI is InChI=1S/C54H37N3S/c1-54(2)47-24-12-10-22-42(47)45-30-46-44-29-35(53-56-49(34-15-4-3-5-16-34)32-50(57-53)36-17-14-28-55-33-36)26-27-41(44)39-20-7-6-18-37(39)38-19-8-9-21-40(38)43-23-11-13-25-51(43)58-52(46)31-48(45)54/h3-33H,1-2H3. The molecule has 2 aromatic heterocycles. The number of hydrogen-bond acceptors (Lipinski definition) is 4. The predicted molar refractivity (Wildman–Crippen MR) is 240 cm³/mol. The van der Waals surface area contributed by atoms with Gasteiger partial charge in [0.05, 0.1) is 11.4 Å². The Morgan fingerprint density at radius 2 is 0.966 bits per heavy atom. The normalized spacial score (nSPS) is 13.1. The van der Waals surface area contributed by atoms with E-state index >= 15 is 0 Å². The van der Waals surface area contributed by atoms with Gasteiger partial charge < -0.3 is 0 Å². The molecule has 1 aliphatic heterocycles. The molecule has 2 aliphatic rings. The van der Waals surface area contributed by atoms with Crippen molar-refractivity contribution in [2.45, 2.75) is 29.1 Å². The van der Waals surface area contributed by atoms with Crippen molar-refractivity contribution < 1.29 is 0 Å². The molecule has 7 aromatic carbocycles. The van der Waals surface area contributed by atoms with Gasteiger partial charge in [-0.15, -0.1) is 0 Å². The molecule has 3 heterocycles. The summed E-state index contributed by atoms with van der Waals surface area (Å²) in [6.45, 7) is 4.73. The number of nitrogens with zero attached hydrogens (tertiary/aromatic N) is 3. The van der Waals surface area contributed by atoms with Crippen LogP contribution in [-0.4, -0.2) is 15.0 Å². The highest BCUT2D eigenvalue weighted by Crippen LogP contribution is 2.55. The lowest BCUT2D eigenvalue weighted by atomic mass is 9.81. The third-order valence-corrected chi connectivity index (χ3v) is 13.0. The smallest absolute Gasteiger partial charge is 0.160 e. The number of hydrogen-bond donors (Lipinski definition) is 0. The largest absolute Gasteiger partial charge is 0.264 e. The van der Waals surface area contributed by atoms with Gasteiger partial charge in [-0.1, -0.05) is 159 Å². The topological polar surface area (TPSA) is 38.7 Å². The van der Waals surface area contributed by atoms with E-state index in [0.717, 1.165) is 33.6 Å². The van der Waals surface area contributed by atoms with Crippen molar-refractivity contribution >= 4 is 11.8 Å². The molecule has 0 spiro atoms. The minimum Gasteiger partial charge on any atom is -0.264 e. The minimum atomic E-state index is -0.147. The van der Waals surface area contributed by atoms with Gasteiger partial charge in [0.2, 0.25) is 0 Å². The summed E-state index contributed by atoms with van der Waals surface area (Å²) in [5.74, 6) is 0.670. The van der Waals surface area contributed by atoms with Gasteiger partial charge in [-0.25, -0.2) is 9.97 Å². The Hall–Kier alpha value is -6.88. The van der Waals surface area contributed by atoms with Crippen molar-refractivity contribution in [1.29, 1.82) is 0 Å². The van der Waals surface area contributed by atoms with Crippen molar-refractivity contribution in [2.24, 2.45) is 0 Å². The van der Waals surface area contributed by atoms with E-state index in [2.05, 4.69) is 183 Å². The third kappa shape index (κ3) is 5.63. The van der Waals surface area contributed by atoms with E-state index < -0.39 is 0 Å². The Kier molecular flexibility index (Phi) is 8.09. The van der Waals surface area contributed by atoms with Crippen LogP contribution in [0.1, 0.15) is 25.0 Å². The summed E-state index contributed by atoms with van der Waals surface area (Å²) in [6, 6.07) is 63.7. The van der Waals surface area contributed by atoms with E-state index in [1.165, 1.54) is 71.0 Å². The van der Waals surface area contributed by atoms with Crippen LogP contribution in [0.25, 0.3) is 89.5 Å². The van der Waals surface area contributed by atoms with Crippen LogP contribution in [0.3, 0.4) is 0 Å². The highest BCUT2D eigenvalue weighted by molar-refractivity contribution is 7.99. The third-order valence-electron chi connectivity index (χ3n) is 11.8. The van der Waals surface area contributed by atoms with Gasteiger partial charge in [0.1, 0.15) is 0 Å². The van der Waals surface area contributed by atoms with Crippen LogP contribution in [0.2, 0.25) is 0 Å². The Morgan fingerprint density at radius 3 is 1.67 bits per heavy atom. The number of aromatic nitrogens is 3. The van der Waals surface area contributed by atoms with Crippen LogP contribution >= 0.6 is 11.8 Å². The van der Waals surface area contributed by atoms with E-state index in [4.69, 9.17) is 9.97 Å². The Balaban J connectivity index is 1.23. The summed E-state index contributed by atoms with van der Waals surface area (Å²) in [4.78, 5) is 17.4. The van der Waals surface area contributed by atoms with E-state index in [-0.39, 0.29) is 5.41 Å². The summed E-state index contributed by atoms with van der Waals surface area (Å²) >= 11 is 1.86. The molecule has 0 atom stereocenters. The fraction of sp³-hybridized carbons (Fsp3) is 0.0556. The van der Waals surface area contributed by atoms with E-state index in [1.807, 2.05) is 30.1 Å². The van der Waals surface area contributed by atoms with Gasteiger partial charge in [0.15, 0.2) is 5.82 Å². The molecular weight excluding hydrogens is 723 g/mol. The number of rotatable bonds is 3. The number of fused-ring (bicyclic) bond motifs is 12. The first-order valence-electron chi connectivity index (χ1n) is 19.8. The van der Waals surface area contributed by atoms with Crippen LogP contribution < -0.4 is 0 Å². The first-order valence-corrected chi connectivity index (χ1v) is 20.6. The number of pyridine rings is 1. The summed E-state index contributed by atoms with van der Waals surface area (Å²) < 4.78 is 0. The van der Waals surface area contributed by atoms with Crippen LogP contribution in [0.5, 0.6) is 0 Å². The molecule has 11 rings (SSSR count). The summed E-state index contributed by atoms with van der Waals surface area (Å²) in [6.07, 6.45) is 3.67. The molecule has 3 nitrogen and oxygen atoms in total. The fourth-order valence-corrected chi connectivity index (χ4v) is 10.1. The van der Waals surface area contributed by atoms with Gasteiger partial charge in [0.25, 0.3) is 0 Å². The zero-order valence-corrected chi connectivity index (χ0v) is 33.0. The molecule has 1 aliphatic carbocycles. The monoisotopic (exact) mass is 759 g/mol. The number of benzene rings is 7. The van der Waals surface area contributed by atoms with Crippen molar-refractivity contribution in [3.63, 3.8) is 0 Å². The summed E-state index contributed by atoms with van der Waals surface area (Å²) in [5.41, 5.74) is 19.3. The van der Waals surface area contributed by atoms with Gasteiger partial charge in [-0.05, 0) is 109 Å².